The molecule has 174 valence electrons. The Labute approximate surface area is 201 Å². The van der Waals surface area contributed by atoms with Gasteiger partial charge >= 0.3 is 0 Å². The molecular weight excluding hydrogens is 454 g/mol. The number of carbonyl (C=O) groups excluding carboxylic acids is 2. The van der Waals surface area contributed by atoms with Crippen LogP contribution in [0.1, 0.15) is 22.2 Å². The Bertz CT molecular complexity index is 1480. The average molecular weight is 478 g/mol. The molecule has 0 spiro atoms. The Morgan fingerprint density at radius 3 is 2.71 bits per heavy atom. The van der Waals surface area contributed by atoms with E-state index in [0.29, 0.717) is 29.1 Å². The van der Waals surface area contributed by atoms with Crippen molar-refractivity contribution in [2.75, 3.05) is 27.2 Å². The number of aryl methyl sites for hydroxylation is 1. The molecule has 0 bridgehead atoms. The molecule has 0 aliphatic carbocycles. The molecule has 1 N–H and O–H groups in total. The van der Waals surface area contributed by atoms with Crippen LogP contribution in [0.4, 0.5) is 0 Å². The summed E-state index contributed by atoms with van der Waals surface area (Å²) in [6.07, 6.45) is 1.91. The first-order valence-corrected chi connectivity index (χ1v) is 11.3. The number of ketones is 1. The van der Waals surface area contributed by atoms with Gasteiger partial charge in [0.1, 0.15) is 5.58 Å². The lowest BCUT2D eigenvalue weighted by Crippen LogP contribution is -2.36. The maximum Gasteiger partial charge on any atom is 0.290 e. The molecule has 2 aromatic carbocycles. The van der Waals surface area contributed by atoms with Crippen molar-refractivity contribution in [1.82, 2.24) is 14.4 Å². The first-order valence-electron chi connectivity index (χ1n) is 10.9. The molecule has 0 saturated carbocycles. The van der Waals surface area contributed by atoms with E-state index in [1.165, 1.54) is 0 Å². The third-order valence-corrected chi connectivity index (χ3v) is 6.50. The number of rotatable bonds is 6. The van der Waals surface area contributed by atoms with Crippen LogP contribution in [-0.2, 0) is 11.8 Å². The van der Waals surface area contributed by atoms with Crippen molar-refractivity contribution in [1.29, 1.82) is 0 Å². The first kappa shape index (κ1) is 22.3. The summed E-state index contributed by atoms with van der Waals surface area (Å²) in [6, 6.07) is 13.7. The minimum absolute atomic E-state index is 0.0188. The van der Waals surface area contributed by atoms with Crippen LogP contribution in [0.25, 0.3) is 21.9 Å². The van der Waals surface area contributed by atoms with E-state index in [1.807, 2.05) is 61.1 Å². The predicted molar refractivity (Wildman–Crippen MR) is 131 cm³/mol. The Morgan fingerprint density at radius 2 is 1.94 bits per heavy atom. The van der Waals surface area contributed by atoms with E-state index in [4.69, 9.17) is 16.0 Å². The number of hydrogen-bond acceptors (Lipinski definition) is 5. The Kier molecular flexibility index (Phi) is 5.46. The SMILES string of the molecule is CN(C)CCN1C(=O)C(O)=C(C(=O)c2cc3cc(Cl)ccc3o2)C1c1cn(C)c2ccccc12. The third-order valence-electron chi connectivity index (χ3n) is 6.26. The van der Waals surface area contributed by atoms with Crippen molar-refractivity contribution in [2.45, 2.75) is 6.04 Å². The van der Waals surface area contributed by atoms with Crippen LogP contribution in [0.3, 0.4) is 0 Å². The summed E-state index contributed by atoms with van der Waals surface area (Å²) in [4.78, 5) is 30.4. The van der Waals surface area contributed by atoms with Gasteiger partial charge in [-0.2, -0.15) is 0 Å². The molecule has 4 aromatic rings. The number of aliphatic hydroxyl groups excluding tert-OH is 1. The molecule has 1 amide bonds. The predicted octanol–water partition coefficient (Wildman–Crippen LogP) is 4.72. The van der Waals surface area contributed by atoms with Crippen LogP contribution in [0.15, 0.2) is 70.5 Å². The lowest BCUT2D eigenvalue weighted by molar-refractivity contribution is -0.129. The van der Waals surface area contributed by atoms with Crippen molar-refractivity contribution in [3.63, 3.8) is 0 Å². The van der Waals surface area contributed by atoms with E-state index in [9.17, 15) is 14.7 Å². The van der Waals surface area contributed by atoms with E-state index in [-0.39, 0.29) is 11.3 Å². The van der Waals surface area contributed by atoms with E-state index < -0.39 is 23.5 Å². The zero-order chi connectivity index (χ0) is 24.1. The fourth-order valence-electron chi connectivity index (χ4n) is 4.60. The molecule has 3 heterocycles. The van der Waals surface area contributed by atoms with Gasteiger partial charge in [-0.3, -0.25) is 9.59 Å². The maximum atomic E-state index is 13.7. The van der Waals surface area contributed by atoms with E-state index >= 15 is 0 Å². The Balaban J connectivity index is 1.66. The van der Waals surface area contributed by atoms with Gasteiger partial charge in [-0.15, -0.1) is 0 Å². The quantitative estimate of drug-likeness (QED) is 0.406. The van der Waals surface area contributed by atoms with Crippen molar-refractivity contribution >= 4 is 45.2 Å². The molecule has 0 saturated heterocycles. The lowest BCUT2D eigenvalue weighted by atomic mass is 9.94. The van der Waals surface area contributed by atoms with Gasteiger partial charge in [-0.25, -0.2) is 0 Å². The number of furan rings is 1. The summed E-state index contributed by atoms with van der Waals surface area (Å²) >= 11 is 6.08. The van der Waals surface area contributed by atoms with E-state index in [2.05, 4.69) is 0 Å². The fourth-order valence-corrected chi connectivity index (χ4v) is 4.78. The standard InChI is InChI=1S/C26H24ClN3O4/c1-28(2)10-11-30-23(18-14-29(3)19-7-5-4-6-17(18)19)22(25(32)26(30)33)24(31)21-13-15-12-16(27)8-9-20(15)34-21/h4-9,12-14,23,32H,10-11H2,1-3H3. The molecule has 0 radical (unpaired) electrons. The normalized spacial score (nSPS) is 16.6. The van der Waals surface area contributed by atoms with Crippen LogP contribution in [0.5, 0.6) is 0 Å². The number of amides is 1. The number of aliphatic hydroxyl groups is 1. The number of para-hydroxylation sites is 1. The highest BCUT2D eigenvalue weighted by atomic mass is 35.5. The number of carbonyl (C=O) groups is 2. The molecule has 1 unspecified atom stereocenters. The second-order valence-electron chi connectivity index (χ2n) is 8.80. The molecule has 1 aliphatic rings. The van der Waals surface area contributed by atoms with Crippen molar-refractivity contribution in [3.8, 4) is 0 Å². The highest BCUT2D eigenvalue weighted by molar-refractivity contribution is 6.31. The van der Waals surface area contributed by atoms with Crippen molar-refractivity contribution in [3.05, 3.63) is 82.4 Å². The largest absolute Gasteiger partial charge is 0.503 e. The summed E-state index contributed by atoms with van der Waals surface area (Å²) in [6.45, 7) is 0.918. The minimum atomic E-state index is -0.747. The Morgan fingerprint density at radius 1 is 1.18 bits per heavy atom. The van der Waals surface area contributed by atoms with Gasteiger partial charge in [0.05, 0.1) is 11.6 Å². The van der Waals surface area contributed by atoms with Gasteiger partial charge in [0.2, 0.25) is 5.78 Å². The summed E-state index contributed by atoms with van der Waals surface area (Å²) in [7, 11) is 5.74. The maximum absolute atomic E-state index is 13.7. The monoisotopic (exact) mass is 477 g/mol. The fraction of sp³-hybridized carbons (Fsp3) is 0.231. The van der Waals surface area contributed by atoms with Gasteiger partial charge < -0.3 is 23.9 Å². The van der Waals surface area contributed by atoms with Crippen molar-refractivity contribution < 1.29 is 19.1 Å². The number of halogens is 1. The van der Waals surface area contributed by atoms with Gasteiger partial charge in [0.15, 0.2) is 11.5 Å². The zero-order valence-corrected chi connectivity index (χ0v) is 19.8. The highest BCUT2D eigenvalue weighted by Gasteiger charge is 2.45. The lowest BCUT2D eigenvalue weighted by Gasteiger charge is -2.27. The number of aromatic nitrogens is 1. The molecular formula is C26H24ClN3O4. The molecule has 7 nitrogen and oxygen atoms in total. The first-order chi connectivity index (χ1) is 16.3. The second kappa shape index (κ2) is 8.34. The van der Waals surface area contributed by atoms with Crippen LogP contribution in [-0.4, -0.2) is 58.3 Å². The van der Waals surface area contributed by atoms with Crippen LogP contribution in [0, 0.1) is 0 Å². The van der Waals surface area contributed by atoms with Gasteiger partial charge in [-0.1, -0.05) is 29.8 Å². The molecule has 0 fully saturated rings. The topological polar surface area (TPSA) is 78.9 Å². The van der Waals surface area contributed by atoms with Crippen LogP contribution >= 0.6 is 11.6 Å². The smallest absolute Gasteiger partial charge is 0.290 e. The summed E-state index contributed by atoms with van der Waals surface area (Å²) in [5, 5.41) is 13.0. The average Bonchev–Trinajstić information content (AvgIpc) is 3.45. The van der Waals surface area contributed by atoms with Crippen molar-refractivity contribution in [2.24, 2.45) is 7.05 Å². The summed E-state index contributed by atoms with van der Waals surface area (Å²) < 4.78 is 7.75. The summed E-state index contributed by atoms with van der Waals surface area (Å²) in [5.41, 5.74) is 2.26. The summed E-state index contributed by atoms with van der Waals surface area (Å²) in [5.74, 6) is -1.59. The number of benzene rings is 2. The number of fused-ring (bicyclic) bond motifs is 2. The molecule has 5 rings (SSSR count). The Hall–Kier alpha value is -3.55. The van der Waals surface area contributed by atoms with Crippen LogP contribution < -0.4 is 0 Å². The highest BCUT2D eigenvalue weighted by Crippen LogP contribution is 2.42. The molecule has 1 aliphatic heterocycles. The van der Waals surface area contributed by atoms with E-state index in [0.717, 1.165) is 16.5 Å². The van der Waals surface area contributed by atoms with Gasteiger partial charge in [0, 0.05) is 53.2 Å². The van der Waals surface area contributed by atoms with Crippen LogP contribution in [0.2, 0.25) is 5.02 Å². The zero-order valence-electron chi connectivity index (χ0n) is 19.1. The number of nitrogens with zero attached hydrogens (tertiary/aromatic N) is 3. The molecule has 2 aromatic heterocycles. The number of likely N-dealkylation sites (N-methyl/N-ethyl adjacent to an activating group) is 1. The molecule has 1 atom stereocenters. The van der Waals surface area contributed by atoms with Gasteiger partial charge in [-0.05, 0) is 44.4 Å². The molecule has 8 heteroatoms. The number of Topliss-reactive ketones (excluding diaryl/α,β-unsaturated/α-hetero) is 1. The number of hydrogen-bond donors (Lipinski definition) is 1. The molecule has 34 heavy (non-hydrogen) atoms. The third kappa shape index (κ3) is 3.57. The van der Waals surface area contributed by atoms with E-state index in [1.54, 1.807) is 29.2 Å². The minimum Gasteiger partial charge on any atom is -0.503 e. The van der Waals surface area contributed by atoms with Gasteiger partial charge in [0.25, 0.3) is 5.91 Å². The second-order valence-corrected chi connectivity index (χ2v) is 9.24.